The zero-order valence-electron chi connectivity index (χ0n) is 18.9. The highest BCUT2D eigenvalue weighted by Crippen LogP contribution is 2.38. The van der Waals surface area contributed by atoms with Crippen LogP contribution < -0.4 is 10.6 Å². The van der Waals surface area contributed by atoms with Crippen LogP contribution in [0.5, 0.6) is 0 Å². The van der Waals surface area contributed by atoms with Gasteiger partial charge in [0.25, 0.3) is 0 Å². The summed E-state index contributed by atoms with van der Waals surface area (Å²) in [4.78, 5) is 19.4. The Kier molecular flexibility index (Phi) is 4.94. The van der Waals surface area contributed by atoms with E-state index in [9.17, 15) is 4.79 Å². The molecule has 0 spiro atoms. The van der Waals surface area contributed by atoms with Crippen molar-refractivity contribution < 1.29 is 9.53 Å². The second-order valence-corrected chi connectivity index (χ2v) is 9.77. The molecule has 0 radical (unpaired) electrons. The fraction of sp³-hybridized carbons (Fsp3) is 0.545. The highest BCUT2D eigenvalue weighted by molar-refractivity contribution is 5.71. The molecule has 2 aliphatic heterocycles. The Bertz CT molecular complexity index is 1120. The van der Waals surface area contributed by atoms with Gasteiger partial charge in [-0.2, -0.15) is 10.1 Å². The van der Waals surface area contributed by atoms with Gasteiger partial charge in [0.05, 0.1) is 0 Å². The lowest BCUT2D eigenvalue weighted by atomic mass is 9.97. The maximum Gasteiger partial charge on any atom is 0.410 e. The summed E-state index contributed by atoms with van der Waals surface area (Å²) >= 11 is 0. The molecular formula is C22H30N8O2. The summed E-state index contributed by atoms with van der Waals surface area (Å²) in [5.41, 5.74) is 1.39. The molecule has 0 aliphatic carbocycles. The summed E-state index contributed by atoms with van der Waals surface area (Å²) < 4.78 is 7.47. The van der Waals surface area contributed by atoms with Gasteiger partial charge in [-0.1, -0.05) is 0 Å². The number of carbonyl (C=O) groups is 1. The van der Waals surface area contributed by atoms with Crippen molar-refractivity contribution in [2.24, 2.45) is 0 Å². The van der Waals surface area contributed by atoms with E-state index in [0.717, 1.165) is 42.7 Å². The van der Waals surface area contributed by atoms with Crippen LogP contribution in [0.1, 0.15) is 52.1 Å². The number of nitrogens with one attached hydrogen (secondary N) is 3. The third-order valence-electron chi connectivity index (χ3n) is 6.02. The van der Waals surface area contributed by atoms with Crippen molar-refractivity contribution in [1.82, 2.24) is 29.7 Å². The molecule has 10 nitrogen and oxygen atoms in total. The van der Waals surface area contributed by atoms with Gasteiger partial charge in [0.15, 0.2) is 11.6 Å². The summed E-state index contributed by atoms with van der Waals surface area (Å²) in [6.07, 6.45) is 5.47. The average molecular weight is 439 g/mol. The van der Waals surface area contributed by atoms with Crippen LogP contribution in [0.2, 0.25) is 0 Å². The number of aromatic amines is 1. The Morgan fingerprint density at radius 3 is 2.66 bits per heavy atom. The SMILES string of the molecule is Cc1cc(Nc2nc(N[C@@H]3C[C@H]4CC[C@@H](C3)N4C(=O)OC(C)(C)C)c3cccn3n2)n[nH]1. The largest absolute Gasteiger partial charge is 0.444 e. The van der Waals surface area contributed by atoms with Crippen LogP contribution in [-0.4, -0.2) is 59.5 Å². The summed E-state index contributed by atoms with van der Waals surface area (Å²) in [6, 6.07) is 6.45. The van der Waals surface area contributed by atoms with Crippen molar-refractivity contribution in [2.75, 3.05) is 10.6 Å². The number of anilines is 3. The molecule has 0 unspecified atom stereocenters. The smallest absolute Gasteiger partial charge is 0.410 e. The van der Waals surface area contributed by atoms with E-state index in [1.807, 2.05) is 61.5 Å². The zero-order valence-corrected chi connectivity index (χ0v) is 18.9. The number of aromatic nitrogens is 5. The third kappa shape index (κ3) is 4.09. The molecule has 3 N–H and O–H groups in total. The van der Waals surface area contributed by atoms with Gasteiger partial charge in [-0.15, -0.1) is 5.10 Å². The number of amides is 1. The summed E-state index contributed by atoms with van der Waals surface area (Å²) in [6.45, 7) is 7.68. The number of rotatable bonds is 4. The Hall–Kier alpha value is -3.30. The second-order valence-electron chi connectivity index (χ2n) is 9.77. The first kappa shape index (κ1) is 20.6. The topological polar surface area (TPSA) is 112 Å². The van der Waals surface area contributed by atoms with E-state index in [1.54, 1.807) is 0 Å². The lowest BCUT2D eigenvalue weighted by Gasteiger charge is -2.39. The zero-order chi connectivity index (χ0) is 22.5. The first-order valence-electron chi connectivity index (χ1n) is 11.2. The Morgan fingerprint density at radius 1 is 1.25 bits per heavy atom. The quantitative estimate of drug-likeness (QED) is 0.567. The number of aryl methyl sites for hydroxylation is 1. The van der Waals surface area contributed by atoms with E-state index in [-0.39, 0.29) is 24.2 Å². The predicted octanol–water partition coefficient (Wildman–Crippen LogP) is 3.85. The van der Waals surface area contributed by atoms with Gasteiger partial charge in [-0.05, 0) is 65.5 Å². The predicted molar refractivity (Wildman–Crippen MR) is 121 cm³/mol. The minimum absolute atomic E-state index is 0.190. The number of fused-ring (bicyclic) bond motifs is 3. The first-order chi connectivity index (χ1) is 15.2. The molecule has 2 fully saturated rings. The molecule has 10 heteroatoms. The second kappa shape index (κ2) is 7.68. The molecule has 2 bridgehead atoms. The number of carbonyl (C=O) groups excluding carboxylic acids is 1. The van der Waals surface area contributed by atoms with Crippen molar-refractivity contribution >= 4 is 29.2 Å². The average Bonchev–Trinajstić information content (AvgIpc) is 3.39. The van der Waals surface area contributed by atoms with E-state index in [4.69, 9.17) is 9.72 Å². The van der Waals surface area contributed by atoms with E-state index in [1.165, 1.54) is 0 Å². The molecule has 3 aromatic heterocycles. The summed E-state index contributed by atoms with van der Waals surface area (Å²) in [5, 5.41) is 18.4. The van der Waals surface area contributed by atoms with E-state index in [0.29, 0.717) is 11.8 Å². The van der Waals surface area contributed by atoms with Gasteiger partial charge in [0.2, 0.25) is 5.95 Å². The summed E-state index contributed by atoms with van der Waals surface area (Å²) in [5.74, 6) is 1.91. The number of hydrogen-bond donors (Lipinski definition) is 3. The third-order valence-corrected chi connectivity index (χ3v) is 6.02. The molecule has 170 valence electrons. The Labute approximate surface area is 186 Å². The molecule has 0 aromatic carbocycles. The van der Waals surface area contributed by atoms with E-state index >= 15 is 0 Å². The molecule has 5 rings (SSSR count). The molecule has 5 heterocycles. The molecule has 2 saturated heterocycles. The maximum atomic E-state index is 12.7. The van der Waals surface area contributed by atoms with Crippen LogP contribution in [0.4, 0.5) is 22.4 Å². The van der Waals surface area contributed by atoms with Crippen molar-refractivity contribution in [2.45, 2.75) is 77.1 Å². The highest BCUT2D eigenvalue weighted by atomic mass is 16.6. The minimum atomic E-state index is -0.483. The Morgan fingerprint density at radius 2 is 2.00 bits per heavy atom. The minimum Gasteiger partial charge on any atom is -0.444 e. The van der Waals surface area contributed by atoms with E-state index in [2.05, 4.69) is 25.9 Å². The van der Waals surface area contributed by atoms with Gasteiger partial charge in [-0.25, -0.2) is 9.31 Å². The standard InChI is InChI=1S/C22H30N8O2/c1-13-10-18(27-26-13)24-20-25-19(17-6-5-9-29(17)28-20)23-14-11-15-7-8-16(12-14)30(15)21(31)32-22(2,3)4/h5-6,9-10,14-16H,7-8,11-12H2,1-4H3,(H3,23,24,25,26,27,28)/t14-,15-,16+. The molecule has 2 aliphatic rings. The molecule has 1 amide bonds. The van der Waals surface area contributed by atoms with Gasteiger partial charge in [0, 0.05) is 36.1 Å². The van der Waals surface area contributed by atoms with Crippen molar-refractivity contribution in [3.8, 4) is 0 Å². The van der Waals surface area contributed by atoms with Gasteiger partial charge < -0.3 is 20.3 Å². The number of H-pyrrole nitrogens is 1. The molecule has 0 saturated carbocycles. The fourth-order valence-corrected chi connectivity index (χ4v) is 4.79. The van der Waals surface area contributed by atoms with Gasteiger partial charge in [0.1, 0.15) is 11.1 Å². The van der Waals surface area contributed by atoms with Gasteiger partial charge >= 0.3 is 6.09 Å². The first-order valence-corrected chi connectivity index (χ1v) is 11.2. The molecule has 3 aromatic rings. The number of piperidine rings is 1. The maximum absolute atomic E-state index is 12.7. The van der Waals surface area contributed by atoms with Crippen LogP contribution >= 0.6 is 0 Å². The number of hydrogen-bond acceptors (Lipinski definition) is 7. The highest BCUT2D eigenvalue weighted by Gasteiger charge is 2.45. The molecule has 32 heavy (non-hydrogen) atoms. The van der Waals surface area contributed by atoms with Crippen LogP contribution in [-0.2, 0) is 4.74 Å². The normalized spacial score (nSPS) is 22.9. The summed E-state index contributed by atoms with van der Waals surface area (Å²) in [7, 11) is 0. The Balaban J connectivity index is 1.33. The molecule has 3 atom stereocenters. The number of ether oxygens (including phenoxy) is 1. The lowest BCUT2D eigenvalue weighted by Crippen LogP contribution is -2.51. The van der Waals surface area contributed by atoms with Crippen LogP contribution in [0.25, 0.3) is 5.52 Å². The monoisotopic (exact) mass is 438 g/mol. The van der Waals surface area contributed by atoms with Crippen LogP contribution in [0.15, 0.2) is 24.4 Å². The molecular weight excluding hydrogens is 408 g/mol. The van der Waals surface area contributed by atoms with Crippen molar-refractivity contribution in [3.05, 3.63) is 30.1 Å². The van der Waals surface area contributed by atoms with Crippen LogP contribution in [0, 0.1) is 6.92 Å². The van der Waals surface area contributed by atoms with Gasteiger partial charge in [-0.3, -0.25) is 5.10 Å². The van der Waals surface area contributed by atoms with Crippen LogP contribution in [0.3, 0.4) is 0 Å². The van der Waals surface area contributed by atoms with Crippen molar-refractivity contribution in [1.29, 1.82) is 0 Å². The number of nitrogens with zero attached hydrogens (tertiary/aromatic N) is 5. The van der Waals surface area contributed by atoms with E-state index < -0.39 is 5.60 Å². The lowest BCUT2D eigenvalue weighted by molar-refractivity contribution is 0.00683. The fourth-order valence-electron chi connectivity index (χ4n) is 4.79. The van der Waals surface area contributed by atoms with Crippen molar-refractivity contribution in [3.63, 3.8) is 0 Å².